The fourth-order valence-electron chi connectivity index (χ4n) is 17.9. The van der Waals surface area contributed by atoms with Crippen LogP contribution in [0.1, 0.15) is 178 Å². The minimum Gasteiger partial charge on any atom is -0.481 e. The van der Waals surface area contributed by atoms with E-state index < -0.39 is 17.3 Å². The van der Waals surface area contributed by atoms with Crippen molar-refractivity contribution in [1.29, 1.82) is 0 Å². The first-order chi connectivity index (χ1) is 27.3. The van der Waals surface area contributed by atoms with Crippen LogP contribution in [0.4, 0.5) is 0 Å². The topological polar surface area (TPSA) is 87.2 Å². The second kappa shape index (κ2) is 13.9. The number of carbonyl (C=O) groups excluding carboxylic acids is 2. The molecule has 0 aromatic heterocycles. The molecule has 9 aliphatic rings. The Morgan fingerprint density at radius 1 is 0.672 bits per heavy atom. The number of carboxylic acid groups (broad SMARTS) is 1. The van der Waals surface area contributed by atoms with Gasteiger partial charge in [-0.2, -0.15) is 0 Å². The molecule has 326 valence electrons. The van der Waals surface area contributed by atoms with E-state index in [0.29, 0.717) is 53.4 Å². The van der Waals surface area contributed by atoms with Crippen LogP contribution in [0.5, 0.6) is 0 Å². The summed E-state index contributed by atoms with van der Waals surface area (Å²) in [6, 6.07) is 0.396. The molecule has 6 unspecified atom stereocenters. The number of fused-ring (bicyclic) bond motifs is 7. The Morgan fingerprint density at radius 2 is 1.40 bits per heavy atom. The summed E-state index contributed by atoms with van der Waals surface area (Å²) in [4.78, 5) is 46.3. The number of ether oxygens (including phenoxy) is 1. The molecule has 9 rings (SSSR count). The van der Waals surface area contributed by atoms with E-state index in [4.69, 9.17) is 4.74 Å². The molecule has 2 aliphatic heterocycles. The van der Waals surface area contributed by atoms with Crippen LogP contribution in [-0.4, -0.2) is 71.1 Å². The van der Waals surface area contributed by atoms with E-state index in [9.17, 15) is 14.7 Å². The van der Waals surface area contributed by atoms with Gasteiger partial charge >= 0.3 is 11.9 Å². The smallest absolute Gasteiger partial charge is 0.309 e. The van der Waals surface area contributed by atoms with E-state index in [2.05, 4.69) is 58.3 Å². The van der Waals surface area contributed by atoms with Gasteiger partial charge in [0.2, 0.25) is 5.91 Å². The average Bonchev–Trinajstić information content (AvgIpc) is 3.54. The monoisotopic (exact) mass is 803 g/mol. The molecule has 2 saturated heterocycles. The van der Waals surface area contributed by atoms with E-state index in [1.807, 2.05) is 13.8 Å². The third kappa shape index (κ3) is 5.87. The molecule has 9 fully saturated rings. The van der Waals surface area contributed by atoms with Crippen molar-refractivity contribution in [3.8, 4) is 0 Å². The van der Waals surface area contributed by atoms with Gasteiger partial charge in [0.05, 0.1) is 17.3 Å². The molecule has 7 nitrogen and oxygen atoms in total. The predicted molar refractivity (Wildman–Crippen MR) is 229 cm³/mol. The van der Waals surface area contributed by atoms with Gasteiger partial charge in [-0.3, -0.25) is 14.4 Å². The zero-order valence-corrected chi connectivity index (χ0v) is 38.3. The number of piperidine rings is 1. The Morgan fingerprint density at radius 3 is 2.05 bits per heavy atom. The molecule has 7 aliphatic carbocycles. The van der Waals surface area contributed by atoms with Crippen molar-refractivity contribution in [3.05, 3.63) is 0 Å². The van der Waals surface area contributed by atoms with Gasteiger partial charge in [-0.1, -0.05) is 68.7 Å². The molecule has 13 atom stereocenters. The highest BCUT2D eigenvalue weighted by molar-refractivity contribution is 5.84. The second-order valence-corrected chi connectivity index (χ2v) is 24.9. The predicted octanol–water partition coefficient (Wildman–Crippen LogP) is 10.6. The van der Waals surface area contributed by atoms with Crippen LogP contribution in [0, 0.1) is 85.2 Å². The molecule has 0 spiro atoms. The highest BCUT2D eigenvalue weighted by Gasteiger charge is 2.74. The molecule has 0 aromatic carbocycles. The molecule has 0 aromatic rings. The average molecular weight is 803 g/mol. The van der Waals surface area contributed by atoms with Crippen molar-refractivity contribution in [3.63, 3.8) is 0 Å². The Kier molecular flexibility index (Phi) is 10.0. The summed E-state index contributed by atoms with van der Waals surface area (Å²) >= 11 is 0. The number of carbonyl (C=O) groups is 3. The van der Waals surface area contributed by atoms with E-state index in [1.54, 1.807) is 0 Å². The largest absolute Gasteiger partial charge is 0.481 e. The molecule has 7 saturated carbocycles. The molecular formula is C51H82N2O5. The maximum atomic E-state index is 15.6. The van der Waals surface area contributed by atoms with E-state index >= 15 is 4.79 Å². The number of carboxylic acids is 1. The number of amides is 1. The lowest BCUT2D eigenvalue weighted by molar-refractivity contribution is -0.253. The number of aliphatic carboxylic acids is 1. The Balaban J connectivity index is 0.953. The van der Waals surface area contributed by atoms with Crippen molar-refractivity contribution in [1.82, 2.24) is 9.80 Å². The molecule has 1 amide bonds. The summed E-state index contributed by atoms with van der Waals surface area (Å²) in [7, 11) is 0. The van der Waals surface area contributed by atoms with Crippen LogP contribution < -0.4 is 0 Å². The van der Waals surface area contributed by atoms with Gasteiger partial charge in [0.25, 0.3) is 0 Å². The second-order valence-electron chi connectivity index (χ2n) is 24.9. The first-order valence-electron chi connectivity index (χ1n) is 24.7. The van der Waals surface area contributed by atoms with Crippen molar-refractivity contribution in [2.45, 2.75) is 190 Å². The third-order valence-corrected chi connectivity index (χ3v) is 22.2. The van der Waals surface area contributed by atoms with E-state index in [1.165, 1.54) is 96.6 Å². The number of nitrogens with zero attached hydrogens (tertiary/aromatic N) is 2. The van der Waals surface area contributed by atoms with Gasteiger partial charge in [-0.25, -0.2) is 0 Å². The van der Waals surface area contributed by atoms with Gasteiger partial charge in [0, 0.05) is 24.5 Å². The van der Waals surface area contributed by atoms with Crippen molar-refractivity contribution in [2.24, 2.45) is 85.2 Å². The summed E-state index contributed by atoms with van der Waals surface area (Å²) in [5.74, 6) is 2.56. The van der Waals surface area contributed by atoms with Crippen molar-refractivity contribution in [2.75, 3.05) is 26.2 Å². The Hall–Kier alpha value is -1.63. The maximum Gasteiger partial charge on any atom is 0.309 e. The molecule has 1 N–H and O–H groups in total. The quantitative estimate of drug-likeness (QED) is 0.246. The minimum atomic E-state index is -0.801. The van der Waals surface area contributed by atoms with Crippen molar-refractivity contribution >= 4 is 17.8 Å². The number of rotatable bonds is 8. The molecule has 58 heavy (non-hydrogen) atoms. The SMILES string of the molecule is CCC1CCN(CC2CCCN2C(=O)[C@]23CC[C@@H](C4(C)CC4)[C@@H]2C2CC[C@@H]4C5(C)CCC(OC(=O)C6CC(C(=O)O)C6(C)C)C(C)(C)[C@@H]5CC[C@@]4(C)[C@]2(C)CC3)CC1. The zero-order chi connectivity index (χ0) is 41.4. The molecule has 7 heteroatoms. The lowest BCUT2D eigenvalue weighted by Gasteiger charge is -2.73. The van der Waals surface area contributed by atoms with Crippen LogP contribution in [0.25, 0.3) is 0 Å². The summed E-state index contributed by atoms with van der Waals surface area (Å²) in [6.07, 6.45) is 20.8. The summed E-state index contributed by atoms with van der Waals surface area (Å²) in [5, 5.41) is 9.72. The Bertz CT molecular complexity index is 1640. The molecular weight excluding hydrogens is 721 g/mol. The van der Waals surface area contributed by atoms with Gasteiger partial charge in [0.1, 0.15) is 6.10 Å². The zero-order valence-electron chi connectivity index (χ0n) is 38.3. The van der Waals surface area contributed by atoms with Gasteiger partial charge in [-0.05, 0) is 185 Å². The first-order valence-corrected chi connectivity index (χ1v) is 24.7. The molecule has 0 bridgehead atoms. The summed E-state index contributed by atoms with van der Waals surface area (Å²) < 4.78 is 6.50. The van der Waals surface area contributed by atoms with Crippen LogP contribution in [0.3, 0.4) is 0 Å². The maximum absolute atomic E-state index is 15.6. The van der Waals surface area contributed by atoms with Crippen LogP contribution >= 0.6 is 0 Å². The van der Waals surface area contributed by atoms with Crippen LogP contribution in [-0.2, 0) is 19.1 Å². The first kappa shape index (κ1) is 41.7. The Labute approximate surface area is 352 Å². The van der Waals surface area contributed by atoms with Crippen LogP contribution in [0.2, 0.25) is 0 Å². The van der Waals surface area contributed by atoms with Gasteiger partial charge in [0.15, 0.2) is 0 Å². The van der Waals surface area contributed by atoms with E-state index in [0.717, 1.165) is 44.7 Å². The lowest BCUT2D eigenvalue weighted by atomic mass is 9.32. The molecule has 2 heterocycles. The minimum absolute atomic E-state index is 0.133. The number of esters is 1. The van der Waals surface area contributed by atoms with Crippen LogP contribution in [0.15, 0.2) is 0 Å². The highest BCUT2D eigenvalue weighted by Crippen LogP contribution is 2.79. The summed E-state index contributed by atoms with van der Waals surface area (Å²) in [6.45, 7) is 26.1. The number of hydrogen-bond acceptors (Lipinski definition) is 5. The standard InChI is InChI=1S/C51H82N2O5/c1-10-32-18-28-52(29-19-32)31-33-12-11-27-53(33)44(57)51-22-15-34(47(6)23-24-47)41(51)35-13-14-39-48(7)20-17-40(58-43(56)37-30-36(42(54)55)45(37,2)3)46(4,5)38(48)16-21-50(39,9)49(35,8)25-26-51/h32-41H,10-31H2,1-9H3,(H,54,55)/t33?,34-,35?,36?,37?,38+,39-,40?,41-,48?,49-,50-,51+/m1/s1. The lowest BCUT2D eigenvalue weighted by Crippen LogP contribution is -2.68. The summed E-state index contributed by atoms with van der Waals surface area (Å²) in [5.41, 5.74) is 0.130. The number of hydrogen-bond donors (Lipinski definition) is 1. The van der Waals surface area contributed by atoms with Gasteiger partial charge in [-0.15, -0.1) is 0 Å². The fraction of sp³-hybridized carbons (Fsp3) is 0.941. The molecule has 0 radical (unpaired) electrons. The third-order valence-electron chi connectivity index (χ3n) is 22.2. The normalized spacial score (nSPS) is 47.8. The van der Waals surface area contributed by atoms with E-state index in [-0.39, 0.29) is 45.1 Å². The van der Waals surface area contributed by atoms with Gasteiger partial charge < -0.3 is 19.6 Å². The fourth-order valence-corrected chi connectivity index (χ4v) is 17.9. The highest BCUT2D eigenvalue weighted by atomic mass is 16.5. The van der Waals surface area contributed by atoms with Crippen molar-refractivity contribution < 1.29 is 24.2 Å². The number of likely N-dealkylation sites (tertiary alicyclic amines) is 2.